The smallest absolute Gasteiger partial charge is 0.311 e. The third kappa shape index (κ3) is 4.82. The average Bonchev–Trinajstić information content (AvgIpc) is 2.45. The van der Waals surface area contributed by atoms with Gasteiger partial charge >= 0.3 is 5.97 Å². The van der Waals surface area contributed by atoms with Gasteiger partial charge in [0.1, 0.15) is 0 Å². The van der Waals surface area contributed by atoms with Gasteiger partial charge in [-0.05, 0) is 39.5 Å². The second-order valence-electron chi connectivity index (χ2n) is 6.60. The molecule has 5 atom stereocenters. The first-order valence-electron chi connectivity index (χ1n) is 7.77. The van der Waals surface area contributed by atoms with E-state index in [1.807, 2.05) is 26.8 Å². The molecule has 0 saturated carbocycles. The van der Waals surface area contributed by atoms with Gasteiger partial charge in [-0.2, -0.15) is 0 Å². The fourth-order valence-electron chi connectivity index (χ4n) is 2.89. The maximum absolute atomic E-state index is 11.8. The molecule has 0 bridgehead atoms. The molecule has 1 saturated heterocycles. The van der Waals surface area contributed by atoms with E-state index in [2.05, 4.69) is 20.4 Å². The quantitative estimate of drug-likeness (QED) is 0.555. The molecule has 0 aromatic rings. The number of allylic oxidation sites excluding steroid dienone is 1. The van der Waals surface area contributed by atoms with Crippen LogP contribution >= 0.6 is 0 Å². The Labute approximate surface area is 128 Å². The maximum Gasteiger partial charge on any atom is 0.311 e. The van der Waals surface area contributed by atoms with Crippen LogP contribution in [0, 0.1) is 17.8 Å². The van der Waals surface area contributed by atoms with Gasteiger partial charge in [0, 0.05) is 5.92 Å². The molecule has 21 heavy (non-hydrogen) atoms. The summed E-state index contributed by atoms with van der Waals surface area (Å²) < 4.78 is 16.9. The number of ether oxygens (including phenoxy) is 3. The summed E-state index contributed by atoms with van der Waals surface area (Å²) in [5.41, 5.74) is 0. The first-order chi connectivity index (χ1) is 9.71. The number of rotatable bonds is 6. The van der Waals surface area contributed by atoms with Crippen molar-refractivity contribution in [3.8, 4) is 0 Å². The number of carbonyl (C=O) groups excluding carboxylic acids is 1. The standard InChI is InChI=1S/C17H30O4/c1-8-11(2)9-10-14-12(3)15(13(4)16(18)19-7)21-17(5,6)20-14/h8,11-15H,1,9-10H2,2-7H3/t11-,12+,13-,14-,15+/m1/s1. The number of esters is 1. The molecule has 0 N–H and O–H groups in total. The van der Waals surface area contributed by atoms with Crippen molar-refractivity contribution < 1.29 is 19.0 Å². The van der Waals surface area contributed by atoms with Crippen molar-refractivity contribution in [2.24, 2.45) is 17.8 Å². The molecule has 0 aromatic carbocycles. The summed E-state index contributed by atoms with van der Waals surface area (Å²) in [7, 11) is 1.41. The third-order valence-corrected chi connectivity index (χ3v) is 4.33. The van der Waals surface area contributed by atoms with Crippen molar-refractivity contribution in [3.05, 3.63) is 12.7 Å². The predicted molar refractivity (Wildman–Crippen MR) is 82.8 cm³/mol. The van der Waals surface area contributed by atoms with Gasteiger partial charge in [-0.3, -0.25) is 4.79 Å². The minimum atomic E-state index is -0.679. The van der Waals surface area contributed by atoms with Crippen LogP contribution < -0.4 is 0 Å². The van der Waals surface area contributed by atoms with Crippen molar-refractivity contribution in [1.29, 1.82) is 0 Å². The minimum absolute atomic E-state index is 0.0771. The molecule has 1 aliphatic heterocycles. The lowest BCUT2D eigenvalue weighted by molar-refractivity contribution is -0.326. The summed E-state index contributed by atoms with van der Waals surface area (Å²) in [6.45, 7) is 13.7. The van der Waals surface area contributed by atoms with Crippen molar-refractivity contribution in [3.63, 3.8) is 0 Å². The van der Waals surface area contributed by atoms with E-state index in [1.165, 1.54) is 7.11 Å². The second kappa shape index (κ2) is 7.41. The summed E-state index contributed by atoms with van der Waals surface area (Å²) in [5.74, 6) is -0.607. The lowest BCUT2D eigenvalue weighted by atomic mass is 9.84. The van der Waals surface area contributed by atoms with Crippen LogP contribution in [0.1, 0.15) is 47.5 Å². The second-order valence-corrected chi connectivity index (χ2v) is 6.60. The Morgan fingerprint density at radius 3 is 2.52 bits per heavy atom. The molecule has 0 radical (unpaired) electrons. The van der Waals surface area contributed by atoms with E-state index in [1.54, 1.807) is 0 Å². The zero-order valence-electron chi connectivity index (χ0n) is 14.2. The van der Waals surface area contributed by atoms with Crippen LogP contribution in [0.3, 0.4) is 0 Å². The molecule has 1 rings (SSSR count). The van der Waals surface area contributed by atoms with Gasteiger partial charge in [0.2, 0.25) is 0 Å². The van der Waals surface area contributed by atoms with E-state index >= 15 is 0 Å². The van der Waals surface area contributed by atoms with Crippen LogP contribution in [0.15, 0.2) is 12.7 Å². The summed E-state index contributed by atoms with van der Waals surface area (Å²) in [4.78, 5) is 11.8. The Balaban J connectivity index is 2.80. The van der Waals surface area contributed by atoms with E-state index < -0.39 is 5.79 Å². The zero-order valence-corrected chi connectivity index (χ0v) is 14.2. The number of carbonyl (C=O) groups is 1. The van der Waals surface area contributed by atoms with E-state index in [0.29, 0.717) is 5.92 Å². The SMILES string of the molecule is C=C[C@@H](C)CC[C@H]1OC(C)(C)O[C@H]([C@@H](C)C(=O)OC)[C@H]1C. The van der Waals surface area contributed by atoms with E-state index in [-0.39, 0.29) is 30.0 Å². The van der Waals surface area contributed by atoms with Gasteiger partial charge in [0.25, 0.3) is 0 Å². The van der Waals surface area contributed by atoms with Crippen LogP contribution in [-0.2, 0) is 19.0 Å². The van der Waals surface area contributed by atoms with Gasteiger partial charge in [-0.15, -0.1) is 6.58 Å². The largest absolute Gasteiger partial charge is 0.469 e. The summed E-state index contributed by atoms with van der Waals surface area (Å²) >= 11 is 0. The third-order valence-electron chi connectivity index (χ3n) is 4.33. The van der Waals surface area contributed by atoms with Crippen molar-refractivity contribution in [2.45, 2.75) is 65.5 Å². The summed E-state index contributed by atoms with van der Waals surface area (Å²) in [5, 5.41) is 0. The molecule has 0 aliphatic carbocycles. The highest BCUT2D eigenvalue weighted by molar-refractivity contribution is 5.72. The predicted octanol–water partition coefficient (Wildman–Crippen LogP) is 3.55. The highest BCUT2D eigenvalue weighted by Crippen LogP contribution is 2.37. The molecule has 0 aromatic heterocycles. The molecule has 1 heterocycles. The summed E-state index contributed by atoms with van der Waals surface area (Å²) in [6, 6.07) is 0. The lowest BCUT2D eigenvalue weighted by Crippen LogP contribution is -2.53. The highest BCUT2D eigenvalue weighted by Gasteiger charge is 2.44. The minimum Gasteiger partial charge on any atom is -0.469 e. The van der Waals surface area contributed by atoms with Crippen LogP contribution in [0.5, 0.6) is 0 Å². The van der Waals surface area contributed by atoms with Crippen LogP contribution in [-0.4, -0.2) is 31.1 Å². The molecule has 0 amide bonds. The number of hydrogen-bond donors (Lipinski definition) is 0. The molecule has 4 heteroatoms. The van der Waals surface area contributed by atoms with Gasteiger partial charge in [0.15, 0.2) is 5.79 Å². The molecule has 0 spiro atoms. The van der Waals surface area contributed by atoms with Gasteiger partial charge in [-0.25, -0.2) is 0 Å². The Bertz CT molecular complexity index is 364. The van der Waals surface area contributed by atoms with Crippen molar-refractivity contribution in [1.82, 2.24) is 0 Å². The molecule has 4 nitrogen and oxygen atoms in total. The zero-order chi connectivity index (χ0) is 16.2. The lowest BCUT2D eigenvalue weighted by Gasteiger charge is -2.46. The van der Waals surface area contributed by atoms with E-state index in [0.717, 1.165) is 12.8 Å². The van der Waals surface area contributed by atoms with Gasteiger partial charge < -0.3 is 14.2 Å². The molecule has 1 aliphatic rings. The molecule has 122 valence electrons. The number of methoxy groups -OCH3 is 1. The Kier molecular flexibility index (Phi) is 6.41. The first kappa shape index (κ1) is 18.2. The Hall–Kier alpha value is -0.870. The average molecular weight is 298 g/mol. The van der Waals surface area contributed by atoms with Crippen molar-refractivity contribution in [2.75, 3.05) is 7.11 Å². The Morgan fingerprint density at radius 2 is 2.00 bits per heavy atom. The van der Waals surface area contributed by atoms with Crippen LogP contribution in [0.4, 0.5) is 0 Å². The monoisotopic (exact) mass is 298 g/mol. The van der Waals surface area contributed by atoms with Gasteiger partial charge in [0.05, 0.1) is 25.2 Å². The molecule has 1 fully saturated rings. The number of hydrogen-bond acceptors (Lipinski definition) is 4. The molecular weight excluding hydrogens is 268 g/mol. The fourth-order valence-corrected chi connectivity index (χ4v) is 2.89. The normalized spacial score (nSPS) is 31.2. The first-order valence-corrected chi connectivity index (χ1v) is 7.77. The van der Waals surface area contributed by atoms with Gasteiger partial charge in [-0.1, -0.05) is 19.9 Å². The van der Waals surface area contributed by atoms with Crippen LogP contribution in [0.2, 0.25) is 0 Å². The van der Waals surface area contributed by atoms with Crippen molar-refractivity contribution >= 4 is 5.97 Å². The maximum atomic E-state index is 11.8. The topological polar surface area (TPSA) is 44.8 Å². The molecular formula is C17H30O4. The van der Waals surface area contributed by atoms with E-state index in [4.69, 9.17) is 14.2 Å². The fraction of sp³-hybridized carbons (Fsp3) is 0.824. The molecule has 0 unspecified atom stereocenters. The van der Waals surface area contributed by atoms with E-state index in [9.17, 15) is 4.79 Å². The summed E-state index contributed by atoms with van der Waals surface area (Å²) in [6.07, 6.45) is 3.81. The Morgan fingerprint density at radius 1 is 1.38 bits per heavy atom. The van der Waals surface area contributed by atoms with Crippen LogP contribution in [0.25, 0.3) is 0 Å². The highest BCUT2D eigenvalue weighted by atomic mass is 16.7.